The number of hydroxylamine groups is 1. The van der Waals surface area contributed by atoms with Crippen LogP contribution in [0.2, 0.25) is 5.02 Å². The summed E-state index contributed by atoms with van der Waals surface area (Å²) in [5.41, 5.74) is 1.68. The Hall–Kier alpha value is -1.67. The normalized spacial score (nSPS) is 14.0. The molecule has 0 aromatic heterocycles. The second-order valence-electron chi connectivity index (χ2n) is 3.82. The molecule has 5 nitrogen and oxygen atoms in total. The van der Waals surface area contributed by atoms with Crippen LogP contribution in [0.5, 0.6) is 11.5 Å². The van der Waals surface area contributed by atoms with E-state index in [1.807, 2.05) is 0 Å². The number of benzene rings is 1. The summed E-state index contributed by atoms with van der Waals surface area (Å²) in [6.07, 6.45) is -4.53. The molecule has 0 radical (unpaired) electrons. The highest BCUT2D eigenvalue weighted by atomic mass is 35.5. The van der Waals surface area contributed by atoms with Gasteiger partial charge in [0.25, 0.3) is 5.91 Å². The monoisotopic (exact) mass is 311 g/mol. The topological polar surface area (TPSA) is 56.8 Å². The lowest BCUT2D eigenvalue weighted by molar-refractivity contribution is -0.184. The largest absolute Gasteiger partial charge is 0.486 e. The van der Waals surface area contributed by atoms with Crippen LogP contribution in [0.1, 0.15) is 10.4 Å². The molecule has 1 N–H and O–H groups in total. The molecule has 1 amide bonds. The van der Waals surface area contributed by atoms with Gasteiger partial charge in [-0.05, 0) is 12.1 Å². The van der Waals surface area contributed by atoms with E-state index in [0.29, 0.717) is 19.0 Å². The third kappa shape index (κ3) is 3.67. The Morgan fingerprint density at radius 2 is 2.05 bits per heavy atom. The summed E-state index contributed by atoms with van der Waals surface area (Å²) < 4.78 is 46.1. The average Bonchev–Trinajstić information content (AvgIpc) is 2.37. The van der Waals surface area contributed by atoms with Gasteiger partial charge in [0.05, 0.1) is 5.02 Å². The molecular weight excluding hydrogens is 303 g/mol. The van der Waals surface area contributed by atoms with E-state index in [-0.39, 0.29) is 16.3 Å². The maximum atomic E-state index is 11.9. The smallest absolute Gasteiger partial charge is 0.414 e. The van der Waals surface area contributed by atoms with E-state index in [1.165, 1.54) is 12.1 Å². The highest BCUT2D eigenvalue weighted by Gasteiger charge is 2.28. The molecule has 1 aliphatic rings. The molecule has 20 heavy (non-hydrogen) atoms. The fourth-order valence-corrected chi connectivity index (χ4v) is 1.75. The molecule has 0 fully saturated rings. The third-order valence-corrected chi connectivity index (χ3v) is 2.54. The van der Waals surface area contributed by atoms with E-state index in [9.17, 15) is 18.0 Å². The van der Waals surface area contributed by atoms with Gasteiger partial charge >= 0.3 is 6.18 Å². The minimum absolute atomic E-state index is 0.00132. The molecule has 2 rings (SSSR count). The van der Waals surface area contributed by atoms with Gasteiger partial charge in [-0.3, -0.25) is 9.63 Å². The van der Waals surface area contributed by atoms with Crippen LogP contribution in [-0.2, 0) is 4.84 Å². The van der Waals surface area contributed by atoms with Crippen molar-refractivity contribution in [2.24, 2.45) is 0 Å². The van der Waals surface area contributed by atoms with Gasteiger partial charge in [0.1, 0.15) is 13.2 Å². The summed E-state index contributed by atoms with van der Waals surface area (Å²) in [5, 5.41) is 0.128. The summed E-state index contributed by atoms with van der Waals surface area (Å²) in [7, 11) is 0. The fourth-order valence-electron chi connectivity index (χ4n) is 1.48. The van der Waals surface area contributed by atoms with Crippen molar-refractivity contribution in [3.8, 4) is 11.5 Å². The van der Waals surface area contributed by atoms with E-state index in [0.717, 1.165) is 0 Å². The van der Waals surface area contributed by atoms with Crippen molar-refractivity contribution >= 4 is 17.5 Å². The molecule has 110 valence electrons. The van der Waals surface area contributed by atoms with E-state index < -0.39 is 18.7 Å². The van der Waals surface area contributed by atoms with Crippen molar-refractivity contribution in [2.45, 2.75) is 6.18 Å². The van der Waals surface area contributed by atoms with Gasteiger partial charge in [-0.1, -0.05) is 11.6 Å². The quantitative estimate of drug-likeness (QED) is 0.871. The summed E-state index contributed by atoms with van der Waals surface area (Å²) in [4.78, 5) is 15.7. The molecule has 0 unspecified atom stereocenters. The molecule has 0 spiro atoms. The van der Waals surface area contributed by atoms with E-state index >= 15 is 0 Å². The zero-order valence-corrected chi connectivity index (χ0v) is 10.7. The van der Waals surface area contributed by atoms with Crippen LogP contribution in [0.3, 0.4) is 0 Å². The van der Waals surface area contributed by atoms with Crippen molar-refractivity contribution in [2.75, 3.05) is 19.8 Å². The Bertz CT molecular complexity index is 521. The molecule has 1 aromatic rings. The van der Waals surface area contributed by atoms with Gasteiger partial charge in [-0.2, -0.15) is 13.2 Å². The molecule has 0 saturated heterocycles. The zero-order valence-electron chi connectivity index (χ0n) is 9.92. The van der Waals surface area contributed by atoms with E-state index in [4.69, 9.17) is 21.1 Å². The van der Waals surface area contributed by atoms with Crippen LogP contribution >= 0.6 is 11.6 Å². The van der Waals surface area contributed by atoms with Gasteiger partial charge in [0, 0.05) is 5.56 Å². The molecule has 1 heterocycles. The predicted molar refractivity (Wildman–Crippen MR) is 61.9 cm³/mol. The van der Waals surface area contributed by atoms with Gasteiger partial charge in [-0.25, -0.2) is 5.48 Å². The molecule has 0 bridgehead atoms. The molecule has 1 aromatic carbocycles. The van der Waals surface area contributed by atoms with Crippen molar-refractivity contribution in [1.82, 2.24) is 5.48 Å². The number of alkyl halides is 3. The summed E-state index contributed by atoms with van der Waals surface area (Å²) in [6, 6.07) is 2.56. The Morgan fingerprint density at radius 1 is 1.35 bits per heavy atom. The number of hydrogen-bond donors (Lipinski definition) is 1. The van der Waals surface area contributed by atoms with E-state index in [1.54, 1.807) is 5.48 Å². The number of amides is 1. The first-order valence-electron chi connectivity index (χ1n) is 5.45. The number of halogens is 4. The second-order valence-corrected chi connectivity index (χ2v) is 4.22. The maximum Gasteiger partial charge on any atom is 0.414 e. The predicted octanol–water partition coefficient (Wildman–Crippen LogP) is 2.33. The first-order valence-corrected chi connectivity index (χ1v) is 5.82. The maximum absolute atomic E-state index is 11.9. The molecule has 0 saturated carbocycles. The van der Waals surface area contributed by atoms with Crippen LogP contribution in [0.4, 0.5) is 13.2 Å². The molecular formula is C11H9ClF3NO4. The molecule has 9 heteroatoms. The Morgan fingerprint density at radius 3 is 2.75 bits per heavy atom. The molecule has 0 aliphatic carbocycles. The highest BCUT2D eigenvalue weighted by molar-refractivity contribution is 6.32. The number of rotatable bonds is 3. The van der Waals surface area contributed by atoms with Gasteiger partial charge in [0.2, 0.25) is 0 Å². The minimum Gasteiger partial charge on any atom is -0.486 e. The number of carbonyl (C=O) groups is 1. The van der Waals surface area contributed by atoms with Crippen LogP contribution < -0.4 is 15.0 Å². The number of fused-ring (bicyclic) bond motifs is 1. The summed E-state index contributed by atoms with van der Waals surface area (Å²) in [5.74, 6) is -0.316. The number of nitrogens with one attached hydrogen (secondary N) is 1. The Balaban J connectivity index is 2.05. The number of ether oxygens (including phenoxy) is 2. The number of hydrogen-bond acceptors (Lipinski definition) is 4. The van der Waals surface area contributed by atoms with Crippen molar-refractivity contribution in [1.29, 1.82) is 0 Å². The SMILES string of the molecule is O=C(NOCC(F)(F)F)c1cc(Cl)c2c(c1)OCCO2. The van der Waals surface area contributed by atoms with Gasteiger partial charge < -0.3 is 9.47 Å². The minimum atomic E-state index is -4.53. The zero-order chi connectivity index (χ0) is 14.8. The van der Waals surface area contributed by atoms with Crippen molar-refractivity contribution < 1.29 is 32.3 Å². The van der Waals surface area contributed by atoms with Crippen LogP contribution in [0.15, 0.2) is 12.1 Å². The highest BCUT2D eigenvalue weighted by Crippen LogP contribution is 2.38. The standard InChI is InChI=1S/C11H9ClF3NO4/c12-7-3-6(4-8-9(7)19-2-1-18-8)10(17)16-20-5-11(13,14)15/h3-4H,1-2,5H2,(H,16,17). The van der Waals surface area contributed by atoms with Gasteiger partial charge in [-0.15, -0.1) is 0 Å². The molecule has 0 atom stereocenters. The number of carbonyl (C=O) groups excluding carboxylic acids is 1. The molecule has 1 aliphatic heterocycles. The fraction of sp³-hybridized carbons (Fsp3) is 0.364. The first-order chi connectivity index (χ1) is 9.37. The lowest BCUT2D eigenvalue weighted by atomic mass is 10.2. The van der Waals surface area contributed by atoms with E-state index in [2.05, 4.69) is 4.84 Å². The third-order valence-electron chi connectivity index (χ3n) is 2.26. The van der Waals surface area contributed by atoms with Crippen LogP contribution in [0.25, 0.3) is 0 Å². The lowest BCUT2D eigenvalue weighted by Gasteiger charge is -2.20. The summed E-state index contributed by atoms with van der Waals surface area (Å²) >= 11 is 5.89. The lowest BCUT2D eigenvalue weighted by Crippen LogP contribution is -2.29. The van der Waals surface area contributed by atoms with Crippen molar-refractivity contribution in [3.63, 3.8) is 0 Å². The second kappa shape index (κ2) is 5.76. The Labute approximate surface area is 116 Å². The summed E-state index contributed by atoms with van der Waals surface area (Å²) in [6.45, 7) is -0.969. The first kappa shape index (κ1) is 14.7. The van der Waals surface area contributed by atoms with Crippen LogP contribution in [-0.4, -0.2) is 31.9 Å². The van der Waals surface area contributed by atoms with Gasteiger partial charge in [0.15, 0.2) is 18.1 Å². The van der Waals surface area contributed by atoms with Crippen LogP contribution in [0, 0.1) is 0 Å². The Kier molecular flexibility index (Phi) is 4.24. The van der Waals surface area contributed by atoms with Crippen molar-refractivity contribution in [3.05, 3.63) is 22.7 Å². The average molecular weight is 312 g/mol.